The minimum absolute atomic E-state index is 0.0135. The second-order valence-electron chi connectivity index (χ2n) is 4.08. The van der Waals surface area contributed by atoms with Crippen LogP contribution in [0.25, 0.3) is 0 Å². The molecule has 0 aliphatic heterocycles. The minimum atomic E-state index is -6.92. The summed E-state index contributed by atoms with van der Waals surface area (Å²) < 4.78 is 114. The van der Waals surface area contributed by atoms with E-state index in [1.807, 2.05) is 0 Å². The second kappa shape index (κ2) is 5.08. The number of rotatable bonds is 4. The van der Waals surface area contributed by atoms with Crippen LogP contribution in [0.3, 0.4) is 0 Å². The van der Waals surface area contributed by atoms with Crippen LogP contribution < -0.4 is 0 Å². The number of hydrogen-bond acceptors (Lipinski definition) is 1. The third-order valence-electron chi connectivity index (χ3n) is 2.64. The van der Waals surface area contributed by atoms with Crippen LogP contribution in [-0.4, -0.2) is 23.1 Å². The van der Waals surface area contributed by atoms with E-state index in [2.05, 4.69) is 0 Å². The van der Waals surface area contributed by atoms with Crippen molar-refractivity contribution < 1.29 is 44.6 Å². The Morgan fingerprint density at radius 1 is 0.714 bits per heavy atom. The van der Waals surface area contributed by atoms with Crippen LogP contribution in [0.5, 0.6) is 0 Å². The molecule has 1 aromatic carbocycles. The van der Waals surface area contributed by atoms with Gasteiger partial charge in [-0.15, -0.1) is 0 Å². The SMILES string of the molecule is OCc1ccc(C(F)(F)C(F)(F)C(F)(F)C(F)(F)F)cc1. The van der Waals surface area contributed by atoms with Crippen LogP contribution in [0, 0.1) is 0 Å². The molecule has 0 radical (unpaired) electrons. The van der Waals surface area contributed by atoms with Crippen LogP contribution in [0.2, 0.25) is 0 Å². The van der Waals surface area contributed by atoms with Crippen molar-refractivity contribution in [3.05, 3.63) is 35.4 Å². The van der Waals surface area contributed by atoms with Crippen molar-refractivity contribution in [2.75, 3.05) is 0 Å². The molecule has 0 unspecified atom stereocenters. The maximum Gasteiger partial charge on any atom is 0.460 e. The van der Waals surface area contributed by atoms with Crippen LogP contribution >= 0.6 is 0 Å². The first kappa shape index (κ1) is 17.6. The number of hydrogen-bond donors (Lipinski definition) is 1. The van der Waals surface area contributed by atoms with Crippen LogP contribution in [0.15, 0.2) is 24.3 Å². The van der Waals surface area contributed by atoms with Gasteiger partial charge < -0.3 is 5.11 Å². The van der Waals surface area contributed by atoms with E-state index in [9.17, 15) is 39.5 Å². The van der Waals surface area contributed by atoms with Gasteiger partial charge in [0.05, 0.1) is 6.61 Å². The maximum atomic E-state index is 13.4. The van der Waals surface area contributed by atoms with Crippen molar-refractivity contribution in [1.29, 1.82) is 0 Å². The lowest BCUT2D eigenvalue weighted by molar-refractivity contribution is -0.399. The molecular formula is C11H7F9O. The van der Waals surface area contributed by atoms with E-state index < -0.39 is 36.1 Å². The Bertz CT molecular complexity index is 489. The molecule has 1 nitrogen and oxygen atoms in total. The molecule has 0 saturated carbocycles. The molecule has 0 bridgehead atoms. The highest BCUT2D eigenvalue weighted by molar-refractivity contribution is 5.28. The van der Waals surface area contributed by atoms with E-state index in [1.54, 1.807) is 0 Å². The van der Waals surface area contributed by atoms with E-state index in [-0.39, 0.29) is 17.7 Å². The zero-order valence-electron chi connectivity index (χ0n) is 9.87. The summed E-state index contributed by atoms with van der Waals surface area (Å²) in [6.07, 6.45) is -6.84. The molecule has 21 heavy (non-hydrogen) atoms. The molecule has 0 fully saturated rings. The van der Waals surface area contributed by atoms with Gasteiger partial charge in [0, 0.05) is 5.56 Å². The predicted octanol–water partition coefficient (Wildman–Crippen LogP) is 4.10. The average molecular weight is 326 g/mol. The summed E-state index contributed by atoms with van der Waals surface area (Å²) in [5, 5.41) is 8.62. The molecule has 120 valence electrons. The number of aliphatic hydroxyl groups excluding tert-OH is 1. The fourth-order valence-electron chi connectivity index (χ4n) is 1.38. The molecule has 0 aromatic heterocycles. The summed E-state index contributed by atoms with van der Waals surface area (Å²) in [6, 6.07) is 1.88. The van der Waals surface area contributed by atoms with Gasteiger partial charge >= 0.3 is 23.9 Å². The Hall–Kier alpha value is -1.45. The molecule has 0 amide bonds. The number of aliphatic hydroxyl groups is 1. The van der Waals surface area contributed by atoms with Gasteiger partial charge in [0.2, 0.25) is 0 Å². The Morgan fingerprint density at radius 2 is 1.14 bits per heavy atom. The first-order chi connectivity index (χ1) is 9.29. The van der Waals surface area contributed by atoms with Gasteiger partial charge in [0.1, 0.15) is 0 Å². The van der Waals surface area contributed by atoms with Gasteiger partial charge in [0.25, 0.3) is 0 Å². The molecule has 1 N–H and O–H groups in total. The molecule has 0 aliphatic rings. The molecule has 0 atom stereocenters. The fourth-order valence-corrected chi connectivity index (χ4v) is 1.38. The monoisotopic (exact) mass is 326 g/mol. The number of halogens is 9. The zero-order chi connectivity index (χ0) is 16.7. The van der Waals surface area contributed by atoms with Crippen LogP contribution in [-0.2, 0) is 12.5 Å². The topological polar surface area (TPSA) is 20.2 Å². The Balaban J connectivity index is 3.32. The van der Waals surface area contributed by atoms with Crippen molar-refractivity contribution in [2.24, 2.45) is 0 Å². The maximum absolute atomic E-state index is 13.4. The van der Waals surface area contributed by atoms with E-state index in [0.29, 0.717) is 12.1 Å². The number of alkyl halides is 9. The number of benzene rings is 1. The molecule has 1 rings (SSSR count). The van der Waals surface area contributed by atoms with Crippen LogP contribution in [0.1, 0.15) is 11.1 Å². The van der Waals surface area contributed by atoms with Crippen molar-refractivity contribution in [3.8, 4) is 0 Å². The summed E-state index contributed by atoms with van der Waals surface area (Å²) in [6.45, 7) is -0.652. The van der Waals surface area contributed by atoms with Gasteiger partial charge in [-0.05, 0) is 5.56 Å². The third kappa shape index (κ3) is 2.68. The average Bonchev–Trinajstić information content (AvgIpc) is 2.37. The van der Waals surface area contributed by atoms with E-state index in [1.165, 1.54) is 0 Å². The van der Waals surface area contributed by atoms with Gasteiger partial charge in [0.15, 0.2) is 0 Å². The third-order valence-corrected chi connectivity index (χ3v) is 2.64. The molecule has 10 heteroatoms. The summed E-state index contributed by atoms with van der Waals surface area (Å²) >= 11 is 0. The standard InChI is InChI=1S/C11H7F9O/c12-8(13,7-3-1-6(5-21)2-4-7)9(14,15)10(16,17)11(18,19)20/h1-4,21H,5H2. The van der Waals surface area contributed by atoms with Crippen molar-refractivity contribution in [1.82, 2.24) is 0 Å². The summed E-state index contributed by atoms with van der Waals surface area (Å²) in [5.74, 6) is -19.4. The Morgan fingerprint density at radius 3 is 1.48 bits per heavy atom. The highest BCUT2D eigenvalue weighted by Crippen LogP contribution is 2.56. The van der Waals surface area contributed by atoms with E-state index >= 15 is 0 Å². The molecular weight excluding hydrogens is 319 g/mol. The molecule has 0 saturated heterocycles. The zero-order valence-corrected chi connectivity index (χ0v) is 9.87. The van der Waals surface area contributed by atoms with Crippen molar-refractivity contribution in [3.63, 3.8) is 0 Å². The highest BCUT2D eigenvalue weighted by atomic mass is 19.4. The summed E-state index contributed by atoms with van der Waals surface area (Å²) in [5.41, 5.74) is -1.74. The quantitative estimate of drug-likeness (QED) is 0.826. The van der Waals surface area contributed by atoms with Gasteiger partial charge in [-0.25, -0.2) is 0 Å². The molecule has 0 heterocycles. The predicted molar refractivity (Wildman–Crippen MR) is 52.2 cm³/mol. The van der Waals surface area contributed by atoms with Gasteiger partial charge in [-0.2, -0.15) is 39.5 Å². The second-order valence-corrected chi connectivity index (χ2v) is 4.08. The van der Waals surface area contributed by atoms with E-state index in [0.717, 1.165) is 0 Å². The lowest BCUT2D eigenvalue weighted by atomic mass is 9.96. The van der Waals surface area contributed by atoms with Crippen molar-refractivity contribution in [2.45, 2.75) is 30.6 Å². The normalized spacial score (nSPS) is 14.4. The first-order valence-electron chi connectivity index (χ1n) is 5.19. The molecule has 0 aliphatic carbocycles. The lowest BCUT2D eigenvalue weighted by Gasteiger charge is -2.33. The van der Waals surface area contributed by atoms with Crippen LogP contribution in [0.4, 0.5) is 39.5 Å². The molecule has 0 spiro atoms. The molecule has 1 aromatic rings. The summed E-state index contributed by atoms with van der Waals surface area (Å²) in [7, 11) is 0. The Labute approximate surface area is 112 Å². The summed E-state index contributed by atoms with van der Waals surface area (Å²) in [4.78, 5) is 0. The Kier molecular flexibility index (Phi) is 4.25. The van der Waals surface area contributed by atoms with E-state index in [4.69, 9.17) is 5.11 Å². The van der Waals surface area contributed by atoms with Gasteiger partial charge in [-0.1, -0.05) is 24.3 Å². The highest BCUT2D eigenvalue weighted by Gasteiger charge is 2.81. The van der Waals surface area contributed by atoms with Gasteiger partial charge in [-0.3, -0.25) is 0 Å². The smallest absolute Gasteiger partial charge is 0.392 e. The first-order valence-corrected chi connectivity index (χ1v) is 5.19. The van der Waals surface area contributed by atoms with Crippen molar-refractivity contribution >= 4 is 0 Å². The fraction of sp³-hybridized carbons (Fsp3) is 0.455. The minimum Gasteiger partial charge on any atom is -0.392 e. The lowest BCUT2D eigenvalue weighted by Crippen LogP contribution is -2.59. The largest absolute Gasteiger partial charge is 0.460 e.